The standard InChI is InChI=1S/C20H20N2O4S/c1-12-3-2-4-13(7-12)8-15(20(25)26)10-21-19(24)14-5-6-17-16(9-14)22-18(23)11-27-17/h2-7,9,15H,8,10-11H2,1H3,(H,21,24)(H,22,23)(H,25,26)/t15-/m1/s1. The highest BCUT2D eigenvalue weighted by atomic mass is 32.2. The van der Waals surface area contributed by atoms with Gasteiger partial charge in [0.1, 0.15) is 0 Å². The molecule has 0 spiro atoms. The van der Waals surface area contributed by atoms with Crippen LogP contribution in [-0.2, 0) is 16.0 Å². The number of carboxylic acids is 1. The second-order valence-corrected chi connectivity index (χ2v) is 7.50. The van der Waals surface area contributed by atoms with Crippen LogP contribution in [0.15, 0.2) is 47.4 Å². The molecule has 0 bridgehead atoms. The first kappa shape index (κ1) is 19.0. The van der Waals surface area contributed by atoms with E-state index in [1.54, 1.807) is 18.2 Å². The smallest absolute Gasteiger partial charge is 0.308 e. The third-order valence-electron chi connectivity index (χ3n) is 4.30. The minimum absolute atomic E-state index is 0.0281. The minimum atomic E-state index is -0.953. The van der Waals surface area contributed by atoms with Gasteiger partial charge in [0.25, 0.3) is 5.91 Å². The predicted molar refractivity (Wildman–Crippen MR) is 104 cm³/mol. The Morgan fingerprint density at radius 3 is 2.81 bits per heavy atom. The van der Waals surface area contributed by atoms with Crippen LogP contribution >= 0.6 is 11.8 Å². The number of hydrogen-bond acceptors (Lipinski definition) is 4. The van der Waals surface area contributed by atoms with E-state index in [0.717, 1.165) is 16.0 Å². The molecule has 0 aromatic heterocycles. The van der Waals surface area contributed by atoms with Crippen LogP contribution in [0, 0.1) is 12.8 Å². The molecule has 140 valence electrons. The number of amides is 2. The summed E-state index contributed by atoms with van der Waals surface area (Å²) in [6, 6.07) is 12.8. The summed E-state index contributed by atoms with van der Waals surface area (Å²) in [5, 5.41) is 14.9. The zero-order chi connectivity index (χ0) is 19.4. The number of thioether (sulfide) groups is 1. The van der Waals surface area contributed by atoms with E-state index in [-0.39, 0.29) is 18.4 Å². The summed E-state index contributed by atoms with van der Waals surface area (Å²) < 4.78 is 0. The fraction of sp³-hybridized carbons (Fsp3) is 0.250. The maximum atomic E-state index is 12.4. The monoisotopic (exact) mass is 384 g/mol. The number of aryl methyl sites for hydroxylation is 1. The first-order chi connectivity index (χ1) is 12.9. The van der Waals surface area contributed by atoms with Crippen molar-refractivity contribution in [3.05, 3.63) is 59.2 Å². The van der Waals surface area contributed by atoms with Gasteiger partial charge in [0.2, 0.25) is 5.91 Å². The van der Waals surface area contributed by atoms with Gasteiger partial charge in [-0.15, -0.1) is 11.8 Å². The van der Waals surface area contributed by atoms with Crippen LogP contribution in [0.25, 0.3) is 0 Å². The lowest BCUT2D eigenvalue weighted by Crippen LogP contribution is -2.34. The Bertz CT molecular complexity index is 897. The maximum absolute atomic E-state index is 12.4. The van der Waals surface area contributed by atoms with E-state index < -0.39 is 11.9 Å². The minimum Gasteiger partial charge on any atom is -0.481 e. The average Bonchev–Trinajstić information content (AvgIpc) is 2.64. The zero-order valence-corrected chi connectivity index (χ0v) is 15.6. The summed E-state index contributed by atoms with van der Waals surface area (Å²) in [6.07, 6.45) is 0.341. The van der Waals surface area contributed by atoms with E-state index in [1.807, 2.05) is 31.2 Å². The fourth-order valence-corrected chi connectivity index (χ4v) is 3.70. The topological polar surface area (TPSA) is 95.5 Å². The highest BCUT2D eigenvalue weighted by Crippen LogP contribution is 2.31. The quantitative estimate of drug-likeness (QED) is 0.712. The van der Waals surface area contributed by atoms with E-state index in [1.165, 1.54) is 11.8 Å². The normalized spacial score (nSPS) is 14.0. The average molecular weight is 384 g/mol. The SMILES string of the molecule is Cc1cccc(C[C@H](CNC(=O)c2ccc3c(c2)NC(=O)CS3)C(=O)O)c1. The molecule has 2 aromatic carbocycles. The summed E-state index contributed by atoms with van der Waals surface area (Å²) in [6.45, 7) is 1.98. The summed E-state index contributed by atoms with van der Waals surface area (Å²) in [5.74, 6) is -1.78. The third kappa shape index (κ3) is 4.89. The molecule has 0 saturated heterocycles. The maximum Gasteiger partial charge on any atom is 0.308 e. The number of carboxylic acid groups (broad SMARTS) is 1. The van der Waals surface area contributed by atoms with E-state index in [0.29, 0.717) is 23.4 Å². The van der Waals surface area contributed by atoms with Gasteiger partial charge < -0.3 is 15.7 Å². The summed E-state index contributed by atoms with van der Waals surface area (Å²) >= 11 is 1.42. The van der Waals surface area contributed by atoms with Gasteiger partial charge in [0.05, 0.1) is 17.4 Å². The summed E-state index contributed by atoms with van der Waals surface area (Å²) in [4.78, 5) is 36.4. The summed E-state index contributed by atoms with van der Waals surface area (Å²) in [7, 11) is 0. The van der Waals surface area contributed by atoms with Gasteiger partial charge >= 0.3 is 5.97 Å². The molecule has 3 rings (SSSR count). The van der Waals surface area contributed by atoms with Gasteiger partial charge in [-0.2, -0.15) is 0 Å². The molecule has 1 aliphatic heterocycles. The number of benzene rings is 2. The van der Waals surface area contributed by atoms with Crippen molar-refractivity contribution in [1.82, 2.24) is 5.32 Å². The number of fused-ring (bicyclic) bond motifs is 1. The lowest BCUT2D eigenvalue weighted by Gasteiger charge is -2.17. The van der Waals surface area contributed by atoms with Crippen LogP contribution in [0.2, 0.25) is 0 Å². The molecule has 27 heavy (non-hydrogen) atoms. The molecule has 2 aromatic rings. The number of hydrogen-bond donors (Lipinski definition) is 3. The fourth-order valence-electron chi connectivity index (χ4n) is 2.91. The Kier molecular flexibility index (Phi) is 5.81. The number of rotatable bonds is 6. The van der Waals surface area contributed by atoms with Crippen molar-refractivity contribution >= 4 is 35.2 Å². The molecule has 3 N–H and O–H groups in total. The van der Waals surface area contributed by atoms with Crippen molar-refractivity contribution in [2.24, 2.45) is 5.92 Å². The molecule has 0 unspecified atom stereocenters. The van der Waals surface area contributed by atoms with Crippen molar-refractivity contribution in [3.8, 4) is 0 Å². The Labute approximate surface area is 161 Å². The second-order valence-electron chi connectivity index (χ2n) is 6.49. The van der Waals surface area contributed by atoms with Crippen LogP contribution in [-0.4, -0.2) is 35.2 Å². The van der Waals surface area contributed by atoms with E-state index in [4.69, 9.17) is 0 Å². The molecule has 2 amide bonds. The number of carbonyl (C=O) groups is 3. The molecule has 6 nitrogen and oxygen atoms in total. The zero-order valence-electron chi connectivity index (χ0n) is 14.8. The second kappa shape index (κ2) is 8.26. The van der Waals surface area contributed by atoms with Crippen LogP contribution in [0.1, 0.15) is 21.5 Å². The molecule has 0 aliphatic carbocycles. The van der Waals surface area contributed by atoms with Gasteiger partial charge in [-0.1, -0.05) is 29.8 Å². The Balaban J connectivity index is 1.65. The first-order valence-corrected chi connectivity index (χ1v) is 9.54. The molecule has 7 heteroatoms. The van der Waals surface area contributed by atoms with E-state index in [2.05, 4.69) is 10.6 Å². The van der Waals surface area contributed by atoms with Crippen molar-refractivity contribution in [2.45, 2.75) is 18.2 Å². The van der Waals surface area contributed by atoms with E-state index >= 15 is 0 Å². The summed E-state index contributed by atoms with van der Waals surface area (Å²) in [5.41, 5.74) is 2.98. The molecule has 0 fully saturated rings. The van der Waals surface area contributed by atoms with Gasteiger partial charge in [-0.3, -0.25) is 14.4 Å². The van der Waals surface area contributed by atoms with Gasteiger partial charge in [0, 0.05) is 17.0 Å². The third-order valence-corrected chi connectivity index (χ3v) is 5.37. The van der Waals surface area contributed by atoms with Crippen LogP contribution in [0.4, 0.5) is 5.69 Å². The highest BCUT2D eigenvalue weighted by Gasteiger charge is 2.21. The molecule has 1 heterocycles. The molecular formula is C20H20N2O4S. The largest absolute Gasteiger partial charge is 0.481 e. The van der Waals surface area contributed by atoms with Crippen LogP contribution < -0.4 is 10.6 Å². The molecule has 0 radical (unpaired) electrons. The number of aliphatic carboxylic acids is 1. The molecule has 1 atom stereocenters. The lowest BCUT2D eigenvalue weighted by atomic mass is 9.98. The highest BCUT2D eigenvalue weighted by molar-refractivity contribution is 8.00. The Morgan fingerprint density at radius 2 is 2.07 bits per heavy atom. The van der Waals surface area contributed by atoms with E-state index in [9.17, 15) is 19.5 Å². The lowest BCUT2D eigenvalue weighted by molar-refractivity contribution is -0.141. The first-order valence-electron chi connectivity index (χ1n) is 8.55. The van der Waals surface area contributed by atoms with Crippen LogP contribution in [0.3, 0.4) is 0 Å². The van der Waals surface area contributed by atoms with Gasteiger partial charge in [-0.25, -0.2) is 0 Å². The van der Waals surface area contributed by atoms with Crippen molar-refractivity contribution in [2.75, 3.05) is 17.6 Å². The number of nitrogens with one attached hydrogen (secondary N) is 2. The van der Waals surface area contributed by atoms with Crippen molar-refractivity contribution in [3.63, 3.8) is 0 Å². The number of carbonyl (C=O) groups excluding carboxylic acids is 2. The van der Waals surface area contributed by atoms with Crippen molar-refractivity contribution in [1.29, 1.82) is 0 Å². The van der Waals surface area contributed by atoms with Crippen molar-refractivity contribution < 1.29 is 19.5 Å². The van der Waals surface area contributed by atoms with Gasteiger partial charge in [-0.05, 0) is 37.1 Å². The number of anilines is 1. The Morgan fingerprint density at radius 1 is 1.26 bits per heavy atom. The molecule has 0 saturated carbocycles. The Hall–Kier alpha value is -2.80. The predicted octanol–water partition coefficient (Wildman–Crippen LogP) is 2.71. The molecule has 1 aliphatic rings. The van der Waals surface area contributed by atoms with Crippen LogP contribution in [0.5, 0.6) is 0 Å². The molecular weight excluding hydrogens is 364 g/mol. The van der Waals surface area contributed by atoms with Gasteiger partial charge in [0.15, 0.2) is 0 Å².